The van der Waals surface area contributed by atoms with Crippen LogP contribution in [0.15, 0.2) is 109 Å². The molecule has 0 N–H and O–H groups in total. The van der Waals surface area contributed by atoms with Crippen molar-refractivity contribution in [3.63, 3.8) is 0 Å². The highest BCUT2D eigenvalue weighted by Crippen LogP contribution is 2.17. The lowest BCUT2D eigenvalue weighted by molar-refractivity contribution is -0.166. The Morgan fingerprint density at radius 1 is 0.268 bits per heavy atom. The molecule has 0 heterocycles. The molecule has 470 valence electrons. The molecule has 0 radical (unpaired) electrons. The number of allylic oxidation sites excluding steroid dienone is 17. The van der Waals surface area contributed by atoms with Gasteiger partial charge in [0.25, 0.3) is 0 Å². The van der Waals surface area contributed by atoms with Gasteiger partial charge in [-0.1, -0.05) is 316 Å². The first-order valence-corrected chi connectivity index (χ1v) is 34.9. The zero-order valence-electron chi connectivity index (χ0n) is 54.0. The largest absolute Gasteiger partial charge is 0.462 e. The summed E-state index contributed by atoms with van der Waals surface area (Å²) in [6.45, 7) is 6.43. The minimum atomic E-state index is -0.827. The highest BCUT2D eigenvalue weighted by Gasteiger charge is 2.19. The zero-order chi connectivity index (χ0) is 59.2. The third-order valence-electron chi connectivity index (χ3n) is 15.0. The van der Waals surface area contributed by atoms with E-state index < -0.39 is 12.1 Å². The third kappa shape index (κ3) is 66.9. The van der Waals surface area contributed by atoms with Crippen LogP contribution in [0.1, 0.15) is 335 Å². The SMILES string of the molecule is CC/C=C\C/C=C\C/C=C\C/C=C\C/C=C\CC(=O)OCC(COC(=O)CCCCCCCCCCCCCCCCCCCCCCC/C=C\C/C=C\CCCCCCC)OC(=O)CCCCCCC/C=C\C/C=C\CCCCCC. The number of carbonyl (C=O) groups is 3. The molecule has 0 aliphatic rings. The summed E-state index contributed by atoms with van der Waals surface area (Å²) < 4.78 is 16.8. The smallest absolute Gasteiger partial charge is 0.309 e. The summed E-state index contributed by atoms with van der Waals surface area (Å²) in [4.78, 5) is 38.3. The van der Waals surface area contributed by atoms with Crippen LogP contribution in [0.5, 0.6) is 0 Å². The lowest BCUT2D eigenvalue weighted by Gasteiger charge is -2.18. The van der Waals surface area contributed by atoms with Crippen molar-refractivity contribution in [2.75, 3.05) is 13.2 Å². The van der Waals surface area contributed by atoms with E-state index in [9.17, 15) is 14.4 Å². The van der Waals surface area contributed by atoms with E-state index in [0.717, 1.165) is 103 Å². The Kier molecular flexibility index (Phi) is 66.2. The summed E-state index contributed by atoms with van der Waals surface area (Å²) in [6.07, 6.45) is 95.9. The highest BCUT2D eigenvalue weighted by molar-refractivity contribution is 5.72. The predicted molar refractivity (Wildman–Crippen MR) is 357 cm³/mol. The van der Waals surface area contributed by atoms with Gasteiger partial charge in [-0.25, -0.2) is 0 Å². The quantitative estimate of drug-likeness (QED) is 0.0261. The first kappa shape index (κ1) is 78.1. The van der Waals surface area contributed by atoms with Gasteiger partial charge in [-0.15, -0.1) is 0 Å². The Hall–Kier alpha value is -3.93. The van der Waals surface area contributed by atoms with Crippen molar-refractivity contribution >= 4 is 17.9 Å². The number of unbranched alkanes of at least 4 members (excludes halogenated alkanes) is 35. The van der Waals surface area contributed by atoms with Gasteiger partial charge in [0, 0.05) is 12.8 Å². The second kappa shape index (κ2) is 69.6. The molecule has 6 nitrogen and oxygen atoms in total. The monoisotopic (exact) mass is 1140 g/mol. The summed E-state index contributed by atoms with van der Waals surface area (Å²) in [6, 6.07) is 0. The lowest BCUT2D eigenvalue weighted by atomic mass is 10.0. The standard InChI is InChI=1S/C76H130O6/c1-4-7-10-13-16-19-22-25-28-30-31-32-33-34-35-36-37-38-39-40-41-42-43-44-45-46-49-51-54-57-60-63-66-69-75(78)81-72-73(71-80-74(77)68-65-62-59-56-53-50-47-27-24-21-18-15-12-9-6-3)82-76(79)70-67-64-61-58-55-52-48-29-26-23-20-17-14-11-8-5-2/h9,12,18,20-23,25,27,29-31,47-48,53,56,62,65,73H,4-8,10-11,13-17,19,24,26,28,32-46,49-52,54-55,57-61,63-64,66-72H2,1-3H3/b12-9-,21-18-,23-20-,25-22-,31-30-,47-27-,48-29-,56-53-,65-62-. The van der Waals surface area contributed by atoms with Crippen molar-refractivity contribution in [2.24, 2.45) is 0 Å². The molecular formula is C76H130O6. The molecule has 0 fully saturated rings. The molecule has 1 atom stereocenters. The Morgan fingerprint density at radius 2 is 0.524 bits per heavy atom. The van der Waals surface area contributed by atoms with Crippen molar-refractivity contribution in [2.45, 2.75) is 341 Å². The van der Waals surface area contributed by atoms with Crippen LogP contribution in [-0.4, -0.2) is 37.2 Å². The fraction of sp³-hybridized carbons (Fsp3) is 0.724. The maximum Gasteiger partial charge on any atom is 0.309 e. The summed E-state index contributed by atoms with van der Waals surface area (Å²) >= 11 is 0. The predicted octanol–water partition coefficient (Wildman–Crippen LogP) is 24.2. The number of hydrogen-bond acceptors (Lipinski definition) is 6. The molecule has 0 aliphatic heterocycles. The summed E-state index contributed by atoms with van der Waals surface area (Å²) in [5.74, 6) is -1.05. The van der Waals surface area contributed by atoms with Crippen molar-refractivity contribution in [1.82, 2.24) is 0 Å². The number of ether oxygens (including phenoxy) is 3. The van der Waals surface area contributed by atoms with Gasteiger partial charge in [-0.05, 0) is 109 Å². The lowest BCUT2D eigenvalue weighted by Crippen LogP contribution is -2.30. The summed E-state index contributed by atoms with van der Waals surface area (Å²) in [5, 5.41) is 0. The molecule has 0 aromatic rings. The number of esters is 3. The molecule has 0 saturated carbocycles. The first-order chi connectivity index (χ1) is 40.5. The van der Waals surface area contributed by atoms with Crippen molar-refractivity contribution in [3.05, 3.63) is 109 Å². The number of carbonyl (C=O) groups excluding carboxylic acids is 3. The van der Waals surface area contributed by atoms with Gasteiger partial charge < -0.3 is 14.2 Å². The van der Waals surface area contributed by atoms with Gasteiger partial charge in [0.2, 0.25) is 0 Å². The van der Waals surface area contributed by atoms with E-state index in [0.29, 0.717) is 12.8 Å². The van der Waals surface area contributed by atoms with Crippen molar-refractivity contribution in [1.29, 1.82) is 0 Å². The molecular weight excluding hydrogens is 1010 g/mol. The average molecular weight is 1140 g/mol. The van der Waals surface area contributed by atoms with Gasteiger partial charge in [0.15, 0.2) is 6.10 Å². The van der Waals surface area contributed by atoms with Gasteiger partial charge >= 0.3 is 17.9 Å². The molecule has 0 amide bonds. The maximum absolute atomic E-state index is 12.9. The second-order valence-corrected chi connectivity index (χ2v) is 23.1. The van der Waals surface area contributed by atoms with Gasteiger partial charge in [0.05, 0.1) is 6.42 Å². The van der Waals surface area contributed by atoms with E-state index in [4.69, 9.17) is 14.2 Å². The zero-order valence-corrected chi connectivity index (χ0v) is 54.0. The van der Waals surface area contributed by atoms with E-state index in [-0.39, 0.29) is 31.6 Å². The normalized spacial score (nSPS) is 12.8. The Balaban J connectivity index is 4.23. The molecule has 0 aromatic heterocycles. The molecule has 0 saturated heterocycles. The topological polar surface area (TPSA) is 78.9 Å². The van der Waals surface area contributed by atoms with E-state index in [2.05, 4.69) is 118 Å². The van der Waals surface area contributed by atoms with Gasteiger partial charge in [-0.3, -0.25) is 14.4 Å². The fourth-order valence-electron chi connectivity index (χ4n) is 9.81. The molecule has 1 unspecified atom stereocenters. The van der Waals surface area contributed by atoms with Crippen LogP contribution in [0.4, 0.5) is 0 Å². The minimum Gasteiger partial charge on any atom is -0.462 e. The molecule has 0 bridgehead atoms. The molecule has 0 aliphatic carbocycles. The van der Waals surface area contributed by atoms with Crippen LogP contribution in [-0.2, 0) is 28.6 Å². The highest BCUT2D eigenvalue weighted by atomic mass is 16.6. The van der Waals surface area contributed by atoms with Crippen LogP contribution in [0, 0.1) is 0 Å². The Bertz CT molecular complexity index is 1640. The van der Waals surface area contributed by atoms with Crippen LogP contribution < -0.4 is 0 Å². The number of hydrogen-bond donors (Lipinski definition) is 0. The molecule has 0 spiro atoms. The molecule has 6 heteroatoms. The third-order valence-corrected chi connectivity index (χ3v) is 15.0. The van der Waals surface area contributed by atoms with Crippen LogP contribution in [0.3, 0.4) is 0 Å². The Morgan fingerprint density at radius 3 is 0.866 bits per heavy atom. The van der Waals surface area contributed by atoms with Crippen LogP contribution >= 0.6 is 0 Å². The molecule has 82 heavy (non-hydrogen) atoms. The molecule has 0 aromatic carbocycles. The van der Waals surface area contributed by atoms with Crippen LogP contribution in [0.25, 0.3) is 0 Å². The Labute approximate surface area is 508 Å². The van der Waals surface area contributed by atoms with E-state index >= 15 is 0 Å². The first-order valence-electron chi connectivity index (χ1n) is 34.9. The number of rotatable bonds is 63. The van der Waals surface area contributed by atoms with Gasteiger partial charge in [-0.2, -0.15) is 0 Å². The van der Waals surface area contributed by atoms with E-state index in [1.54, 1.807) is 6.08 Å². The summed E-state index contributed by atoms with van der Waals surface area (Å²) in [7, 11) is 0. The maximum atomic E-state index is 12.9. The van der Waals surface area contributed by atoms with Crippen molar-refractivity contribution in [3.8, 4) is 0 Å². The van der Waals surface area contributed by atoms with Crippen LogP contribution in [0.2, 0.25) is 0 Å². The summed E-state index contributed by atoms with van der Waals surface area (Å²) in [5.41, 5.74) is 0. The fourth-order valence-corrected chi connectivity index (χ4v) is 9.81. The molecule has 0 rings (SSSR count). The van der Waals surface area contributed by atoms with E-state index in [1.807, 2.05) is 6.08 Å². The van der Waals surface area contributed by atoms with E-state index in [1.165, 1.54) is 193 Å². The van der Waals surface area contributed by atoms with Gasteiger partial charge in [0.1, 0.15) is 13.2 Å². The van der Waals surface area contributed by atoms with Crippen molar-refractivity contribution < 1.29 is 28.6 Å². The minimum absolute atomic E-state index is 0.112. The average Bonchev–Trinajstić information content (AvgIpc) is 3.47. The second-order valence-electron chi connectivity index (χ2n) is 23.1.